The van der Waals surface area contributed by atoms with Gasteiger partial charge in [-0.1, -0.05) is 20.8 Å². The average molecular weight is 423 g/mol. The summed E-state index contributed by atoms with van der Waals surface area (Å²) in [7, 11) is 0. The van der Waals surface area contributed by atoms with Crippen molar-refractivity contribution in [2.24, 2.45) is 11.3 Å². The number of hydrogen-bond donors (Lipinski definition) is 4. The van der Waals surface area contributed by atoms with Gasteiger partial charge in [0, 0.05) is 24.1 Å². The smallest absolute Gasteiger partial charge is 0.130 e. The van der Waals surface area contributed by atoms with Crippen molar-refractivity contribution in [3.8, 4) is 11.5 Å². The number of aryl methyl sites for hydroxylation is 1. The third kappa shape index (κ3) is 6.84. The van der Waals surface area contributed by atoms with Gasteiger partial charge < -0.3 is 25.1 Å². The minimum Gasteiger partial charge on any atom is -0.491 e. The van der Waals surface area contributed by atoms with Gasteiger partial charge in [0.1, 0.15) is 23.7 Å². The standard InChI is InChI=1S/C24H42N2O4/c1-15(2)29-20-10-17-11-22(30-21(17)9-16(20)3)19(27)14-25-13-18(23(4,5)6)12-24(7,8)26-28/h9-10,15,18-19,22,25-28H,11-14H2,1-8H3. The lowest BCUT2D eigenvalue weighted by Gasteiger charge is -2.37. The van der Waals surface area contributed by atoms with Crippen molar-refractivity contribution < 1.29 is 19.8 Å². The molecule has 1 aliphatic heterocycles. The molecule has 0 radical (unpaired) electrons. The molecule has 0 saturated heterocycles. The molecule has 2 rings (SSSR count). The van der Waals surface area contributed by atoms with E-state index < -0.39 is 6.10 Å². The number of hydrogen-bond acceptors (Lipinski definition) is 6. The number of fused-ring (bicyclic) bond motifs is 1. The van der Waals surface area contributed by atoms with Gasteiger partial charge in [0.2, 0.25) is 0 Å². The fraction of sp³-hybridized carbons (Fsp3) is 0.750. The van der Waals surface area contributed by atoms with E-state index in [1.807, 2.05) is 46.8 Å². The Morgan fingerprint density at radius 3 is 2.40 bits per heavy atom. The lowest BCUT2D eigenvalue weighted by Crippen LogP contribution is -2.46. The van der Waals surface area contributed by atoms with Crippen LogP contribution >= 0.6 is 0 Å². The Morgan fingerprint density at radius 2 is 1.83 bits per heavy atom. The molecule has 0 saturated carbocycles. The summed E-state index contributed by atoms with van der Waals surface area (Å²) in [5.41, 5.74) is 4.26. The molecule has 3 atom stereocenters. The summed E-state index contributed by atoms with van der Waals surface area (Å²) in [5, 5.41) is 23.6. The summed E-state index contributed by atoms with van der Waals surface area (Å²) in [6.07, 6.45) is 0.759. The van der Waals surface area contributed by atoms with Crippen LogP contribution in [0.5, 0.6) is 11.5 Å². The Labute approximate surface area is 182 Å². The lowest BCUT2D eigenvalue weighted by atomic mass is 9.74. The van der Waals surface area contributed by atoms with Crippen molar-refractivity contribution in [2.45, 2.75) is 92.1 Å². The third-order valence-electron chi connectivity index (χ3n) is 5.88. The molecule has 1 aromatic rings. The molecule has 0 amide bonds. The monoisotopic (exact) mass is 422 g/mol. The van der Waals surface area contributed by atoms with E-state index in [2.05, 4.69) is 31.6 Å². The first-order chi connectivity index (χ1) is 13.8. The van der Waals surface area contributed by atoms with E-state index in [1.165, 1.54) is 0 Å². The second-order valence-electron chi connectivity index (χ2n) is 10.7. The summed E-state index contributed by atoms with van der Waals surface area (Å²) in [6, 6.07) is 4.05. The number of ether oxygens (including phenoxy) is 2. The topological polar surface area (TPSA) is 83.0 Å². The van der Waals surface area contributed by atoms with E-state index in [4.69, 9.17) is 9.47 Å². The van der Waals surface area contributed by atoms with Gasteiger partial charge in [-0.3, -0.25) is 0 Å². The zero-order valence-corrected chi connectivity index (χ0v) is 20.0. The van der Waals surface area contributed by atoms with Gasteiger partial charge in [0.25, 0.3) is 0 Å². The van der Waals surface area contributed by atoms with Gasteiger partial charge in [-0.15, -0.1) is 0 Å². The minimum absolute atomic E-state index is 0.0799. The van der Waals surface area contributed by atoms with Crippen molar-refractivity contribution in [3.05, 3.63) is 23.3 Å². The SMILES string of the molecule is Cc1cc2c(cc1OC(C)C)CC(C(O)CNCC(CC(C)(C)NO)C(C)(C)C)O2. The van der Waals surface area contributed by atoms with E-state index in [9.17, 15) is 10.3 Å². The lowest BCUT2D eigenvalue weighted by molar-refractivity contribution is 0.0392. The summed E-state index contributed by atoms with van der Waals surface area (Å²) in [5.74, 6) is 2.06. The fourth-order valence-electron chi connectivity index (χ4n) is 3.87. The van der Waals surface area contributed by atoms with Crippen LogP contribution in [-0.4, -0.2) is 47.3 Å². The fourth-order valence-corrected chi connectivity index (χ4v) is 3.87. The van der Waals surface area contributed by atoms with Gasteiger partial charge in [-0.25, -0.2) is 5.48 Å². The molecule has 1 aromatic carbocycles. The molecule has 1 heterocycles. The zero-order chi connectivity index (χ0) is 22.7. The average Bonchev–Trinajstić information content (AvgIpc) is 3.02. The number of aliphatic hydroxyl groups excluding tert-OH is 1. The number of nitrogens with one attached hydrogen (secondary N) is 2. The van der Waals surface area contributed by atoms with Gasteiger partial charge >= 0.3 is 0 Å². The van der Waals surface area contributed by atoms with Gasteiger partial charge in [-0.2, -0.15) is 0 Å². The first-order valence-electron chi connectivity index (χ1n) is 11.1. The van der Waals surface area contributed by atoms with Crippen LogP contribution in [-0.2, 0) is 6.42 Å². The van der Waals surface area contributed by atoms with E-state index in [1.54, 1.807) is 0 Å². The van der Waals surface area contributed by atoms with Crippen LogP contribution in [0.15, 0.2) is 12.1 Å². The Hall–Kier alpha value is -1.34. The molecule has 1 aliphatic rings. The van der Waals surface area contributed by atoms with Crippen molar-refractivity contribution in [2.75, 3.05) is 13.1 Å². The van der Waals surface area contributed by atoms with Crippen LogP contribution in [0.3, 0.4) is 0 Å². The maximum atomic E-state index is 10.7. The maximum absolute atomic E-state index is 10.7. The molecule has 172 valence electrons. The van der Waals surface area contributed by atoms with E-state index in [-0.39, 0.29) is 23.2 Å². The molecule has 4 N–H and O–H groups in total. The highest BCUT2D eigenvalue weighted by molar-refractivity contribution is 5.48. The number of hydroxylamine groups is 1. The number of benzene rings is 1. The van der Waals surface area contributed by atoms with Crippen LogP contribution in [0.25, 0.3) is 0 Å². The molecular weight excluding hydrogens is 380 g/mol. The zero-order valence-electron chi connectivity index (χ0n) is 20.0. The van der Waals surface area contributed by atoms with E-state index in [0.717, 1.165) is 35.6 Å². The Kier molecular flexibility index (Phi) is 8.19. The van der Waals surface area contributed by atoms with Crippen molar-refractivity contribution >= 4 is 0 Å². The molecule has 30 heavy (non-hydrogen) atoms. The number of rotatable bonds is 10. The predicted molar refractivity (Wildman–Crippen MR) is 121 cm³/mol. The Balaban J connectivity index is 1.92. The normalized spacial score (nSPS) is 18.8. The molecule has 3 unspecified atom stereocenters. The second-order valence-corrected chi connectivity index (χ2v) is 10.7. The molecule has 0 fully saturated rings. The predicted octanol–water partition coefficient (Wildman–Crippen LogP) is 3.85. The van der Waals surface area contributed by atoms with Crippen LogP contribution in [0.2, 0.25) is 0 Å². The van der Waals surface area contributed by atoms with Gasteiger partial charge in [0.15, 0.2) is 0 Å². The quantitative estimate of drug-likeness (QED) is 0.429. The molecule has 0 aromatic heterocycles. The van der Waals surface area contributed by atoms with Crippen LogP contribution in [0.4, 0.5) is 0 Å². The molecule has 0 spiro atoms. The second kappa shape index (κ2) is 9.86. The summed E-state index contributed by atoms with van der Waals surface area (Å²) in [4.78, 5) is 0. The highest BCUT2D eigenvalue weighted by Gasteiger charge is 2.33. The molecular formula is C24H42N2O4. The Bertz CT molecular complexity index is 697. The summed E-state index contributed by atoms with van der Waals surface area (Å²) >= 11 is 0. The van der Waals surface area contributed by atoms with Gasteiger partial charge in [0.05, 0.1) is 6.10 Å². The molecule has 6 nitrogen and oxygen atoms in total. The van der Waals surface area contributed by atoms with Crippen LogP contribution in [0.1, 0.15) is 66.0 Å². The first-order valence-corrected chi connectivity index (χ1v) is 11.1. The van der Waals surface area contributed by atoms with Crippen molar-refractivity contribution in [1.29, 1.82) is 0 Å². The summed E-state index contributed by atoms with van der Waals surface area (Å²) < 4.78 is 11.9. The van der Waals surface area contributed by atoms with Crippen molar-refractivity contribution in [3.63, 3.8) is 0 Å². The van der Waals surface area contributed by atoms with Crippen LogP contribution in [0, 0.1) is 18.3 Å². The van der Waals surface area contributed by atoms with E-state index >= 15 is 0 Å². The largest absolute Gasteiger partial charge is 0.491 e. The number of aliphatic hydroxyl groups is 1. The van der Waals surface area contributed by atoms with E-state index in [0.29, 0.717) is 18.9 Å². The minimum atomic E-state index is -0.600. The first kappa shape index (κ1) is 24.9. The summed E-state index contributed by atoms with van der Waals surface area (Å²) in [6.45, 7) is 17.9. The Morgan fingerprint density at radius 1 is 1.17 bits per heavy atom. The highest BCUT2D eigenvalue weighted by Crippen LogP contribution is 2.36. The molecule has 6 heteroatoms. The highest BCUT2D eigenvalue weighted by atomic mass is 16.5. The molecule has 0 aliphatic carbocycles. The van der Waals surface area contributed by atoms with Crippen molar-refractivity contribution in [1.82, 2.24) is 10.8 Å². The maximum Gasteiger partial charge on any atom is 0.130 e. The van der Waals surface area contributed by atoms with Gasteiger partial charge in [-0.05, 0) is 76.6 Å². The third-order valence-corrected chi connectivity index (χ3v) is 5.88. The molecule has 0 bridgehead atoms. The van der Waals surface area contributed by atoms with Crippen LogP contribution < -0.4 is 20.3 Å².